The molecule has 0 saturated carbocycles. The van der Waals surface area contributed by atoms with Crippen LogP contribution in [0.1, 0.15) is 22.0 Å². The lowest BCUT2D eigenvalue weighted by atomic mass is 9.94. The van der Waals surface area contributed by atoms with Crippen molar-refractivity contribution in [1.82, 2.24) is 10.6 Å². The topological polar surface area (TPSA) is 41.1 Å². The first-order chi connectivity index (χ1) is 10.2. The Hall–Kier alpha value is -1.17. The number of benzene rings is 1. The first-order valence-corrected chi connectivity index (χ1v) is 8.65. The molecule has 5 heteroatoms. The first-order valence-electron chi connectivity index (χ1n) is 7.04. The van der Waals surface area contributed by atoms with Crippen molar-refractivity contribution in [3.05, 3.63) is 56.2 Å². The van der Waals surface area contributed by atoms with Crippen molar-refractivity contribution >= 4 is 33.2 Å². The molecule has 3 nitrogen and oxygen atoms in total. The molecule has 2 aromatic rings. The number of amides is 1. The van der Waals surface area contributed by atoms with Crippen molar-refractivity contribution in [3.8, 4) is 0 Å². The highest BCUT2D eigenvalue weighted by Gasteiger charge is 2.19. The maximum absolute atomic E-state index is 12.0. The van der Waals surface area contributed by atoms with E-state index in [0.717, 1.165) is 21.6 Å². The number of halogens is 1. The number of rotatable bonds is 4. The fourth-order valence-corrected chi connectivity index (χ4v) is 4.14. The van der Waals surface area contributed by atoms with E-state index in [9.17, 15) is 4.79 Å². The number of carbonyl (C=O) groups is 1. The summed E-state index contributed by atoms with van der Waals surface area (Å²) in [6.45, 7) is 1.61. The zero-order valence-electron chi connectivity index (χ0n) is 11.6. The summed E-state index contributed by atoms with van der Waals surface area (Å²) in [4.78, 5) is 13.1. The van der Waals surface area contributed by atoms with Crippen molar-refractivity contribution in [2.45, 2.75) is 18.9 Å². The number of thiophene rings is 1. The number of hydrogen-bond donors (Lipinski definition) is 2. The number of carbonyl (C=O) groups excluding carboxylic acids is 1. The predicted octanol–water partition coefficient (Wildman–Crippen LogP) is 3.06. The lowest BCUT2D eigenvalue weighted by molar-refractivity contribution is -0.120. The van der Waals surface area contributed by atoms with Gasteiger partial charge in [0.2, 0.25) is 5.91 Å². The molecule has 21 heavy (non-hydrogen) atoms. The molecule has 0 saturated heterocycles. The van der Waals surface area contributed by atoms with Crippen LogP contribution in [0.3, 0.4) is 0 Å². The van der Waals surface area contributed by atoms with Gasteiger partial charge in [-0.15, -0.1) is 11.3 Å². The summed E-state index contributed by atoms with van der Waals surface area (Å²) in [5.74, 6) is 0.0780. The maximum atomic E-state index is 12.0. The molecule has 1 aromatic heterocycles. The van der Waals surface area contributed by atoms with E-state index in [1.807, 2.05) is 12.1 Å². The van der Waals surface area contributed by atoms with Crippen molar-refractivity contribution in [2.24, 2.45) is 0 Å². The quantitative estimate of drug-likeness (QED) is 0.875. The Bertz CT molecular complexity index is 641. The van der Waals surface area contributed by atoms with Gasteiger partial charge in [0.05, 0.1) is 10.2 Å². The van der Waals surface area contributed by atoms with Gasteiger partial charge in [-0.25, -0.2) is 0 Å². The molecule has 2 heterocycles. The average Bonchev–Trinajstić information content (AvgIpc) is 2.90. The second-order valence-electron chi connectivity index (χ2n) is 5.14. The summed E-state index contributed by atoms with van der Waals surface area (Å²) < 4.78 is 1.06. The van der Waals surface area contributed by atoms with E-state index >= 15 is 0 Å². The fraction of sp³-hybridized carbons (Fsp3) is 0.312. The lowest BCUT2D eigenvalue weighted by Crippen LogP contribution is -2.39. The van der Waals surface area contributed by atoms with Crippen LogP contribution in [0.5, 0.6) is 0 Å². The molecule has 1 aliphatic heterocycles. The highest BCUT2D eigenvalue weighted by atomic mass is 79.9. The number of fused-ring (bicyclic) bond motifs is 1. The molecular weight excluding hydrogens is 348 g/mol. The van der Waals surface area contributed by atoms with Crippen LogP contribution in [0.15, 0.2) is 40.2 Å². The minimum absolute atomic E-state index is 0.0780. The van der Waals surface area contributed by atoms with Gasteiger partial charge >= 0.3 is 0 Å². The van der Waals surface area contributed by atoms with Crippen LogP contribution in [0.2, 0.25) is 0 Å². The van der Waals surface area contributed by atoms with Gasteiger partial charge in [0.1, 0.15) is 0 Å². The van der Waals surface area contributed by atoms with Crippen molar-refractivity contribution in [3.63, 3.8) is 0 Å². The molecular formula is C16H17BrN2OS. The Morgan fingerprint density at radius 3 is 3.00 bits per heavy atom. The molecule has 0 spiro atoms. The summed E-state index contributed by atoms with van der Waals surface area (Å²) >= 11 is 5.02. The van der Waals surface area contributed by atoms with Crippen LogP contribution in [0.25, 0.3) is 0 Å². The molecule has 1 unspecified atom stereocenters. The Kier molecular flexibility index (Phi) is 4.73. The zero-order chi connectivity index (χ0) is 14.7. The van der Waals surface area contributed by atoms with Crippen molar-refractivity contribution in [2.75, 3.05) is 13.1 Å². The molecule has 0 radical (unpaired) electrons. The van der Waals surface area contributed by atoms with E-state index in [1.165, 1.54) is 11.1 Å². The molecule has 1 amide bonds. The van der Waals surface area contributed by atoms with E-state index < -0.39 is 0 Å². The molecule has 1 aromatic carbocycles. The second-order valence-corrected chi connectivity index (χ2v) is 7.69. The maximum Gasteiger partial charge on any atom is 0.225 e. The van der Waals surface area contributed by atoms with Crippen molar-refractivity contribution in [1.29, 1.82) is 0 Å². The Balaban J connectivity index is 1.57. The van der Waals surface area contributed by atoms with Crippen LogP contribution in [0.4, 0.5) is 0 Å². The molecule has 110 valence electrons. The van der Waals surface area contributed by atoms with E-state index in [0.29, 0.717) is 13.0 Å². The molecule has 2 N–H and O–H groups in total. The normalized spacial score (nSPS) is 17.3. The number of nitrogens with one attached hydrogen (secondary N) is 2. The van der Waals surface area contributed by atoms with E-state index in [-0.39, 0.29) is 11.9 Å². The van der Waals surface area contributed by atoms with Crippen LogP contribution in [-0.2, 0) is 17.6 Å². The van der Waals surface area contributed by atoms with Gasteiger partial charge < -0.3 is 10.6 Å². The van der Waals surface area contributed by atoms with Crippen LogP contribution >= 0.6 is 27.3 Å². The second kappa shape index (κ2) is 6.73. The van der Waals surface area contributed by atoms with Crippen molar-refractivity contribution < 1.29 is 4.79 Å². The summed E-state index contributed by atoms with van der Waals surface area (Å²) in [6, 6.07) is 12.6. The monoisotopic (exact) mass is 364 g/mol. The third kappa shape index (κ3) is 3.73. The largest absolute Gasteiger partial charge is 0.354 e. The molecule has 1 aliphatic rings. The molecule has 0 bridgehead atoms. The summed E-state index contributed by atoms with van der Waals surface area (Å²) in [5, 5.41) is 6.52. The fourth-order valence-electron chi connectivity index (χ4n) is 2.66. The van der Waals surface area contributed by atoms with Gasteiger partial charge in [0, 0.05) is 17.5 Å². The van der Waals surface area contributed by atoms with E-state index in [2.05, 4.69) is 50.8 Å². The summed E-state index contributed by atoms with van der Waals surface area (Å²) in [6.07, 6.45) is 1.51. The van der Waals surface area contributed by atoms with Gasteiger partial charge in [0.15, 0.2) is 0 Å². The van der Waals surface area contributed by atoms with Gasteiger partial charge in [-0.3, -0.25) is 4.79 Å². The highest BCUT2D eigenvalue weighted by Crippen LogP contribution is 2.23. The predicted molar refractivity (Wildman–Crippen MR) is 89.6 cm³/mol. The minimum Gasteiger partial charge on any atom is -0.354 e. The molecule has 0 fully saturated rings. The lowest BCUT2D eigenvalue weighted by Gasteiger charge is -2.27. The van der Waals surface area contributed by atoms with Crippen LogP contribution in [-0.4, -0.2) is 19.0 Å². The molecule has 1 atom stereocenters. The summed E-state index contributed by atoms with van der Waals surface area (Å²) in [5.41, 5.74) is 2.70. The first kappa shape index (κ1) is 14.8. The third-order valence-corrected chi connectivity index (χ3v) is 5.31. The third-order valence-electron chi connectivity index (χ3n) is 3.68. The van der Waals surface area contributed by atoms with E-state index in [4.69, 9.17) is 0 Å². The van der Waals surface area contributed by atoms with Crippen LogP contribution < -0.4 is 10.6 Å². The Morgan fingerprint density at radius 2 is 2.19 bits per heavy atom. The summed E-state index contributed by atoms with van der Waals surface area (Å²) in [7, 11) is 0. The zero-order valence-corrected chi connectivity index (χ0v) is 14.0. The Morgan fingerprint density at radius 1 is 1.33 bits per heavy atom. The standard InChI is InChI=1S/C16H17BrN2OS/c17-15-6-5-12(21-15)9-16(20)19-10-14-13-4-2-1-3-11(13)7-8-18-14/h1-6,14,18H,7-10H2,(H,19,20). The SMILES string of the molecule is O=C(Cc1ccc(Br)s1)NCC1NCCc2ccccc21. The Labute approximate surface area is 136 Å². The van der Waals surface area contributed by atoms with Gasteiger partial charge in [-0.1, -0.05) is 24.3 Å². The van der Waals surface area contributed by atoms with Crippen LogP contribution in [0, 0.1) is 0 Å². The van der Waals surface area contributed by atoms with Gasteiger partial charge in [-0.05, 0) is 52.2 Å². The van der Waals surface area contributed by atoms with Gasteiger partial charge in [0.25, 0.3) is 0 Å². The molecule has 3 rings (SSSR count). The highest BCUT2D eigenvalue weighted by molar-refractivity contribution is 9.11. The van der Waals surface area contributed by atoms with Gasteiger partial charge in [-0.2, -0.15) is 0 Å². The minimum atomic E-state index is 0.0780. The average molecular weight is 365 g/mol. The molecule has 0 aliphatic carbocycles. The number of hydrogen-bond acceptors (Lipinski definition) is 3. The van der Waals surface area contributed by atoms with E-state index in [1.54, 1.807) is 11.3 Å². The smallest absolute Gasteiger partial charge is 0.225 e.